The van der Waals surface area contributed by atoms with E-state index in [1.54, 1.807) is 18.5 Å². The monoisotopic (exact) mass is 324 g/mol. The average Bonchev–Trinajstić information content (AvgIpc) is 3.09. The smallest absolute Gasteiger partial charge is 0.254 e. The summed E-state index contributed by atoms with van der Waals surface area (Å²) in [5.74, 6) is 0.148. The molecule has 0 radical (unpaired) electrons. The van der Waals surface area contributed by atoms with Gasteiger partial charge in [0, 0.05) is 5.56 Å². The molecule has 0 saturated heterocycles. The zero-order valence-electron chi connectivity index (χ0n) is 13.0. The van der Waals surface area contributed by atoms with Crippen molar-refractivity contribution in [2.75, 3.05) is 12.4 Å². The highest BCUT2D eigenvalue weighted by molar-refractivity contribution is 5.95. The van der Waals surface area contributed by atoms with Gasteiger partial charge in [-0.2, -0.15) is 0 Å². The lowest BCUT2D eigenvalue weighted by Crippen LogP contribution is -2.14. The lowest BCUT2D eigenvalue weighted by molar-refractivity contribution is 0.0996. The lowest BCUT2D eigenvalue weighted by Gasteiger charge is -2.08. The Morgan fingerprint density at radius 2 is 2.12 bits per heavy atom. The number of nitrogens with one attached hydrogen (secondary N) is 1. The first-order chi connectivity index (χ1) is 11.7. The summed E-state index contributed by atoms with van der Waals surface area (Å²) in [5, 5.41) is 3.12. The Bertz CT molecular complexity index is 846. The molecule has 0 atom stereocenters. The van der Waals surface area contributed by atoms with Gasteiger partial charge >= 0.3 is 0 Å². The third kappa shape index (κ3) is 3.35. The third-order valence-electron chi connectivity index (χ3n) is 3.36. The number of hydrogen-bond acceptors (Lipinski definition) is 6. The van der Waals surface area contributed by atoms with Gasteiger partial charge in [-0.3, -0.25) is 4.79 Å². The number of rotatable bonds is 6. The normalized spacial score (nSPS) is 10.4. The zero-order chi connectivity index (χ0) is 16.9. The molecule has 0 bridgehead atoms. The molecule has 2 aromatic heterocycles. The topological polar surface area (TPSA) is 103 Å². The minimum atomic E-state index is -0.601. The van der Waals surface area contributed by atoms with Gasteiger partial charge in [0.05, 0.1) is 31.2 Å². The van der Waals surface area contributed by atoms with Crippen LogP contribution in [-0.2, 0) is 6.54 Å². The number of hydrogen-bond donors (Lipinski definition) is 2. The van der Waals surface area contributed by atoms with E-state index < -0.39 is 5.91 Å². The molecule has 7 nitrogen and oxygen atoms in total. The summed E-state index contributed by atoms with van der Waals surface area (Å²) in [5.41, 5.74) is 7.80. The summed E-state index contributed by atoms with van der Waals surface area (Å²) in [4.78, 5) is 19.9. The molecule has 122 valence electrons. The molecular weight excluding hydrogens is 308 g/mol. The molecule has 3 aromatic rings. The molecule has 0 aliphatic carbocycles. The maximum atomic E-state index is 11.4. The molecule has 1 amide bonds. The Morgan fingerprint density at radius 1 is 1.33 bits per heavy atom. The summed E-state index contributed by atoms with van der Waals surface area (Å²) in [7, 11) is 1.43. The third-order valence-corrected chi connectivity index (χ3v) is 3.36. The fourth-order valence-electron chi connectivity index (χ4n) is 2.18. The summed E-state index contributed by atoms with van der Waals surface area (Å²) in [6.07, 6.45) is 3.14. The van der Waals surface area contributed by atoms with Crippen molar-refractivity contribution in [1.29, 1.82) is 0 Å². The van der Waals surface area contributed by atoms with Crippen LogP contribution in [0.5, 0.6) is 5.88 Å². The highest BCUT2D eigenvalue weighted by Crippen LogP contribution is 2.21. The van der Waals surface area contributed by atoms with E-state index in [1.165, 1.54) is 7.11 Å². The van der Waals surface area contributed by atoms with Crippen LogP contribution >= 0.6 is 0 Å². The molecule has 0 aliphatic heterocycles. The van der Waals surface area contributed by atoms with E-state index in [-0.39, 0.29) is 11.4 Å². The van der Waals surface area contributed by atoms with Crippen molar-refractivity contribution < 1.29 is 13.9 Å². The second-order valence-corrected chi connectivity index (χ2v) is 5.01. The second kappa shape index (κ2) is 6.82. The minimum absolute atomic E-state index is 0.195. The van der Waals surface area contributed by atoms with Gasteiger partial charge < -0.3 is 20.2 Å². The lowest BCUT2D eigenvalue weighted by atomic mass is 10.2. The molecule has 2 heterocycles. The molecule has 1 aromatic carbocycles. The van der Waals surface area contributed by atoms with Crippen molar-refractivity contribution in [1.82, 2.24) is 9.97 Å². The van der Waals surface area contributed by atoms with E-state index >= 15 is 0 Å². The number of oxazole rings is 1. The number of benzene rings is 1. The number of anilines is 1. The van der Waals surface area contributed by atoms with Crippen molar-refractivity contribution in [3.05, 3.63) is 60.1 Å². The fourth-order valence-corrected chi connectivity index (χ4v) is 2.18. The predicted octanol–water partition coefficient (Wildman–Crippen LogP) is 2.46. The predicted molar refractivity (Wildman–Crippen MR) is 88.6 cm³/mol. The number of nitrogens with zero attached hydrogens (tertiary/aromatic N) is 2. The van der Waals surface area contributed by atoms with Gasteiger partial charge in [0.1, 0.15) is 11.8 Å². The summed E-state index contributed by atoms with van der Waals surface area (Å²) >= 11 is 0. The Kier molecular flexibility index (Phi) is 4.42. The van der Waals surface area contributed by atoms with Crippen LogP contribution in [0.25, 0.3) is 11.5 Å². The Labute approximate surface area is 138 Å². The molecule has 3 rings (SSSR count). The van der Waals surface area contributed by atoms with Crippen LogP contribution in [0, 0.1) is 0 Å². The van der Waals surface area contributed by atoms with E-state index in [4.69, 9.17) is 14.9 Å². The van der Waals surface area contributed by atoms with E-state index in [9.17, 15) is 4.79 Å². The number of nitrogens with two attached hydrogens (primary N) is 1. The fraction of sp³-hybridized carbons (Fsp3) is 0.118. The molecule has 7 heteroatoms. The van der Waals surface area contributed by atoms with Crippen molar-refractivity contribution in [2.45, 2.75) is 6.54 Å². The quantitative estimate of drug-likeness (QED) is 0.722. The van der Waals surface area contributed by atoms with E-state index in [0.717, 1.165) is 11.3 Å². The van der Waals surface area contributed by atoms with Crippen LogP contribution < -0.4 is 15.8 Å². The molecule has 0 unspecified atom stereocenters. The van der Waals surface area contributed by atoms with Crippen molar-refractivity contribution in [3.8, 4) is 17.3 Å². The number of carbonyl (C=O) groups is 1. The van der Waals surface area contributed by atoms with Crippen LogP contribution in [0.15, 0.2) is 53.3 Å². The van der Waals surface area contributed by atoms with Crippen LogP contribution in [0.4, 0.5) is 5.69 Å². The standard InChI is InChI=1S/C17H16N4O3/c1-23-17-14(15(18)22)7-12(8-20-17)19-9-13-10-24-16(21-13)11-5-3-2-4-6-11/h2-8,10,19H,9H2,1H3,(H2,18,22). The summed E-state index contributed by atoms with van der Waals surface area (Å²) < 4.78 is 10.5. The van der Waals surface area contributed by atoms with Gasteiger partial charge in [0.25, 0.3) is 5.91 Å². The Morgan fingerprint density at radius 3 is 2.83 bits per heavy atom. The van der Waals surface area contributed by atoms with E-state index in [1.807, 2.05) is 30.3 Å². The van der Waals surface area contributed by atoms with Gasteiger partial charge in [-0.25, -0.2) is 9.97 Å². The molecule has 0 saturated carbocycles. The van der Waals surface area contributed by atoms with Gasteiger partial charge in [-0.1, -0.05) is 18.2 Å². The Hall–Kier alpha value is -3.35. The molecule has 0 aliphatic rings. The van der Waals surface area contributed by atoms with E-state index in [2.05, 4.69) is 15.3 Å². The number of amides is 1. The van der Waals surface area contributed by atoms with Crippen molar-refractivity contribution >= 4 is 11.6 Å². The van der Waals surface area contributed by atoms with Crippen LogP contribution in [0.2, 0.25) is 0 Å². The van der Waals surface area contributed by atoms with Crippen molar-refractivity contribution in [3.63, 3.8) is 0 Å². The first kappa shape index (κ1) is 15.5. The summed E-state index contributed by atoms with van der Waals surface area (Å²) in [6.45, 7) is 0.419. The number of pyridine rings is 1. The van der Waals surface area contributed by atoms with Crippen LogP contribution in [0.1, 0.15) is 16.1 Å². The number of carbonyl (C=O) groups excluding carboxylic acids is 1. The number of methoxy groups -OCH3 is 1. The first-order valence-electron chi connectivity index (χ1n) is 7.25. The highest BCUT2D eigenvalue weighted by atomic mass is 16.5. The maximum Gasteiger partial charge on any atom is 0.254 e. The van der Waals surface area contributed by atoms with Crippen LogP contribution in [0.3, 0.4) is 0 Å². The van der Waals surface area contributed by atoms with E-state index in [0.29, 0.717) is 18.1 Å². The van der Waals surface area contributed by atoms with Gasteiger partial charge in [0.15, 0.2) is 0 Å². The molecule has 24 heavy (non-hydrogen) atoms. The first-order valence-corrected chi connectivity index (χ1v) is 7.25. The SMILES string of the molecule is COc1ncc(NCc2coc(-c3ccccc3)n2)cc1C(N)=O. The number of aromatic nitrogens is 2. The number of ether oxygens (including phenoxy) is 1. The number of primary amides is 1. The highest BCUT2D eigenvalue weighted by Gasteiger charge is 2.12. The van der Waals surface area contributed by atoms with Crippen LogP contribution in [-0.4, -0.2) is 23.0 Å². The minimum Gasteiger partial charge on any atom is -0.480 e. The molecule has 0 fully saturated rings. The van der Waals surface area contributed by atoms with Gasteiger partial charge in [0.2, 0.25) is 11.8 Å². The molecular formula is C17H16N4O3. The van der Waals surface area contributed by atoms with Gasteiger partial charge in [-0.05, 0) is 18.2 Å². The average molecular weight is 324 g/mol. The maximum absolute atomic E-state index is 11.4. The van der Waals surface area contributed by atoms with Crippen molar-refractivity contribution in [2.24, 2.45) is 5.73 Å². The zero-order valence-corrected chi connectivity index (χ0v) is 13.0. The van der Waals surface area contributed by atoms with Gasteiger partial charge in [-0.15, -0.1) is 0 Å². The summed E-state index contributed by atoms with van der Waals surface area (Å²) in [6, 6.07) is 11.2. The second-order valence-electron chi connectivity index (χ2n) is 5.01. The molecule has 0 spiro atoms. The largest absolute Gasteiger partial charge is 0.480 e. The Balaban J connectivity index is 1.71. The molecule has 3 N–H and O–H groups in total.